The van der Waals surface area contributed by atoms with Crippen molar-refractivity contribution in [1.29, 1.82) is 0 Å². The van der Waals surface area contributed by atoms with Gasteiger partial charge in [0.2, 0.25) is 0 Å². The first-order valence-corrected chi connectivity index (χ1v) is 6.95. The van der Waals surface area contributed by atoms with Gasteiger partial charge in [-0.25, -0.2) is 0 Å². The van der Waals surface area contributed by atoms with E-state index in [0.29, 0.717) is 12.1 Å². The molecule has 0 aromatic heterocycles. The van der Waals surface area contributed by atoms with Crippen LogP contribution in [0.25, 0.3) is 0 Å². The molecule has 2 unspecified atom stereocenters. The molecule has 98 valence electrons. The molecule has 0 aliphatic carbocycles. The number of rotatable bonds is 3. The molecule has 0 radical (unpaired) electrons. The molecule has 2 rings (SSSR count). The van der Waals surface area contributed by atoms with Crippen LogP contribution in [0.15, 0.2) is 42.5 Å². The molecular weight excluding hydrogens is 220 g/mol. The molecule has 2 nitrogen and oxygen atoms in total. The van der Waals surface area contributed by atoms with Gasteiger partial charge in [-0.2, -0.15) is 0 Å². The Kier molecular flexibility index (Phi) is 4.97. The van der Waals surface area contributed by atoms with Gasteiger partial charge in [0.15, 0.2) is 0 Å². The average Bonchev–Trinajstić information content (AvgIpc) is 2.60. The zero-order valence-corrected chi connectivity index (χ0v) is 11.5. The van der Waals surface area contributed by atoms with E-state index in [2.05, 4.69) is 66.5 Å². The zero-order valence-electron chi connectivity index (χ0n) is 11.5. The summed E-state index contributed by atoms with van der Waals surface area (Å²) in [5.74, 6) is 0. The van der Waals surface area contributed by atoms with Gasteiger partial charge < -0.3 is 5.32 Å². The molecule has 2 heteroatoms. The highest BCUT2D eigenvalue weighted by Crippen LogP contribution is 2.19. The molecule has 0 amide bonds. The van der Waals surface area contributed by atoms with Crippen molar-refractivity contribution in [1.82, 2.24) is 10.2 Å². The third-order valence-electron chi connectivity index (χ3n) is 3.77. The predicted octanol–water partition coefficient (Wildman–Crippen LogP) is 2.99. The van der Waals surface area contributed by atoms with Gasteiger partial charge in [0.05, 0.1) is 0 Å². The number of nitrogens with zero attached hydrogens (tertiary/aromatic N) is 1. The maximum absolute atomic E-state index is 3.67. The summed E-state index contributed by atoms with van der Waals surface area (Å²) in [7, 11) is 0. The van der Waals surface area contributed by atoms with E-state index >= 15 is 0 Å². The molecule has 2 atom stereocenters. The summed E-state index contributed by atoms with van der Waals surface area (Å²) >= 11 is 0. The van der Waals surface area contributed by atoms with Crippen molar-refractivity contribution in [3.05, 3.63) is 48.0 Å². The van der Waals surface area contributed by atoms with Crippen LogP contribution < -0.4 is 5.32 Å². The largest absolute Gasteiger partial charge is 0.309 e. The smallest absolute Gasteiger partial charge is 0.0449 e. The van der Waals surface area contributed by atoms with Gasteiger partial charge in [-0.15, -0.1) is 0 Å². The molecule has 1 N–H and O–H groups in total. The van der Waals surface area contributed by atoms with Crippen molar-refractivity contribution in [2.45, 2.75) is 32.4 Å². The van der Waals surface area contributed by atoms with E-state index in [4.69, 9.17) is 0 Å². The lowest BCUT2D eigenvalue weighted by molar-refractivity contribution is 0.227. The van der Waals surface area contributed by atoms with Crippen molar-refractivity contribution in [3.63, 3.8) is 0 Å². The highest BCUT2D eigenvalue weighted by molar-refractivity contribution is 5.19. The zero-order chi connectivity index (χ0) is 12.8. The highest BCUT2D eigenvalue weighted by atomic mass is 15.2. The first-order valence-electron chi connectivity index (χ1n) is 6.95. The minimum Gasteiger partial charge on any atom is -0.309 e. The summed E-state index contributed by atoms with van der Waals surface area (Å²) in [6, 6.07) is 11.9. The summed E-state index contributed by atoms with van der Waals surface area (Å²) < 4.78 is 0. The molecule has 1 heterocycles. The molecule has 1 saturated heterocycles. The molecule has 1 aromatic carbocycles. The summed E-state index contributed by atoms with van der Waals surface area (Å²) in [4.78, 5) is 2.57. The summed E-state index contributed by atoms with van der Waals surface area (Å²) in [6.07, 6.45) is 5.62. The maximum Gasteiger partial charge on any atom is 0.0449 e. The monoisotopic (exact) mass is 244 g/mol. The van der Waals surface area contributed by atoms with E-state index in [-0.39, 0.29) is 0 Å². The quantitative estimate of drug-likeness (QED) is 0.822. The van der Waals surface area contributed by atoms with Crippen molar-refractivity contribution in [3.8, 4) is 0 Å². The first kappa shape index (κ1) is 13.3. The minimum absolute atomic E-state index is 0.460. The van der Waals surface area contributed by atoms with E-state index < -0.39 is 0 Å². The van der Waals surface area contributed by atoms with Gasteiger partial charge in [-0.3, -0.25) is 4.90 Å². The first-order chi connectivity index (χ1) is 8.81. The Bertz CT molecular complexity index is 372. The van der Waals surface area contributed by atoms with Crippen molar-refractivity contribution < 1.29 is 0 Å². The molecule has 1 aliphatic heterocycles. The second-order valence-corrected chi connectivity index (χ2v) is 5.08. The number of hydrogen-bond acceptors (Lipinski definition) is 2. The third-order valence-corrected chi connectivity index (χ3v) is 3.77. The van der Waals surface area contributed by atoms with Crippen LogP contribution in [0.1, 0.15) is 31.9 Å². The Hall–Kier alpha value is -1.12. The topological polar surface area (TPSA) is 15.3 Å². The Labute approximate surface area is 111 Å². The van der Waals surface area contributed by atoms with Gasteiger partial charge in [0.1, 0.15) is 0 Å². The number of nitrogens with one attached hydrogen (secondary N) is 1. The lowest BCUT2D eigenvalue weighted by atomic mass is 10.1. The summed E-state index contributed by atoms with van der Waals surface area (Å²) in [5.41, 5.74) is 1.40. The highest BCUT2D eigenvalue weighted by Gasteiger charge is 2.22. The average molecular weight is 244 g/mol. The van der Waals surface area contributed by atoms with Crippen LogP contribution in [0.4, 0.5) is 0 Å². The molecule has 18 heavy (non-hydrogen) atoms. The van der Waals surface area contributed by atoms with E-state index in [1.807, 2.05) is 0 Å². The van der Waals surface area contributed by atoms with Gasteiger partial charge in [-0.1, -0.05) is 42.5 Å². The SMILES string of the molecule is C/C=C/CN1CC(c2ccccc2)NCCC1C. The second-order valence-electron chi connectivity index (χ2n) is 5.08. The number of allylic oxidation sites excluding steroid dienone is 1. The van der Waals surface area contributed by atoms with Crippen LogP contribution >= 0.6 is 0 Å². The fourth-order valence-electron chi connectivity index (χ4n) is 2.53. The Balaban J connectivity index is 2.08. The fourth-order valence-corrected chi connectivity index (χ4v) is 2.53. The molecule has 0 saturated carbocycles. The van der Waals surface area contributed by atoms with Crippen molar-refractivity contribution in [2.75, 3.05) is 19.6 Å². The Morgan fingerprint density at radius 3 is 2.83 bits per heavy atom. The van der Waals surface area contributed by atoms with Crippen LogP contribution in [0.2, 0.25) is 0 Å². The Morgan fingerprint density at radius 2 is 2.11 bits per heavy atom. The van der Waals surface area contributed by atoms with Gasteiger partial charge in [0, 0.05) is 25.2 Å². The van der Waals surface area contributed by atoms with Gasteiger partial charge >= 0.3 is 0 Å². The standard InChI is InChI=1S/C16H24N2/c1-3-4-12-18-13-16(17-11-10-14(18)2)15-8-6-5-7-9-15/h3-9,14,16-17H,10-13H2,1-2H3/b4-3+. The molecular formula is C16H24N2. The van der Waals surface area contributed by atoms with Gasteiger partial charge in [0.25, 0.3) is 0 Å². The van der Waals surface area contributed by atoms with E-state index in [1.54, 1.807) is 0 Å². The van der Waals surface area contributed by atoms with E-state index in [0.717, 1.165) is 19.6 Å². The van der Waals surface area contributed by atoms with Crippen LogP contribution in [-0.4, -0.2) is 30.6 Å². The lowest BCUT2D eigenvalue weighted by Crippen LogP contribution is -2.35. The van der Waals surface area contributed by atoms with E-state index in [1.165, 1.54) is 12.0 Å². The lowest BCUT2D eigenvalue weighted by Gasteiger charge is -2.28. The maximum atomic E-state index is 3.67. The van der Waals surface area contributed by atoms with Crippen LogP contribution in [-0.2, 0) is 0 Å². The summed E-state index contributed by atoms with van der Waals surface area (Å²) in [5, 5.41) is 3.67. The molecule has 1 aliphatic rings. The van der Waals surface area contributed by atoms with E-state index in [9.17, 15) is 0 Å². The Morgan fingerprint density at radius 1 is 1.33 bits per heavy atom. The van der Waals surface area contributed by atoms with Crippen LogP contribution in [0.5, 0.6) is 0 Å². The van der Waals surface area contributed by atoms with Crippen molar-refractivity contribution >= 4 is 0 Å². The number of hydrogen-bond donors (Lipinski definition) is 1. The minimum atomic E-state index is 0.460. The van der Waals surface area contributed by atoms with Crippen LogP contribution in [0, 0.1) is 0 Å². The van der Waals surface area contributed by atoms with Gasteiger partial charge in [-0.05, 0) is 32.4 Å². The third kappa shape index (κ3) is 3.44. The van der Waals surface area contributed by atoms with Crippen molar-refractivity contribution in [2.24, 2.45) is 0 Å². The number of benzene rings is 1. The predicted molar refractivity (Wildman–Crippen MR) is 77.7 cm³/mol. The molecule has 0 bridgehead atoms. The molecule has 1 aromatic rings. The molecule has 1 fully saturated rings. The molecule has 0 spiro atoms. The normalized spacial score (nSPS) is 26.3. The summed E-state index contributed by atoms with van der Waals surface area (Å²) in [6.45, 7) is 7.68. The second kappa shape index (κ2) is 6.72. The fraction of sp³-hybridized carbons (Fsp3) is 0.500. The van der Waals surface area contributed by atoms with Crippen LogP contribution in [0.3, 0.4) is 0 Å².